The highest BCUT2D eigenvalue weighted by Gasteiger charge is 2.14. The molecule has 16 heavy (non-hydrogen) atoms. The lowest BCUT2D eigenvalue weighted by Gasteiger charge is -2.21. The van der Waals surface area contributed by atoms with E-state index in [2.05, 4.69) is 40.3 Å². The Labute approximate surface area is 103 Å². The lowest BCUT2D eigenvalue weighted by atomic mass is 10.2. The number of nitrogens with zero attached hydrogens (tertiary/aromatic N) is 1. The van der Waals surface area contributed by atoms with E-state index in [0.717, 1.165) is 10.6 Å². The van der Waals surface area contributed by atoms with Crippen LogP contribution in [0, 0.1) is 0 Å². The van der Waals surface area contributed by atoms with Crippen molar-refractivity contribution >= 4 is 38.4 Å². The number of nitrogens with one attached hydrogen (secondary N) is 1. The number of para-hydroxylation sites is 1. The molecule has 0 bridgehead atoms. The second-order valence-electron chi connectivity index (χ2n) is 4.02. The number of anilines is 1. The van der Waals surface area contributed by atoms with Crippen molar-refractivity contribution in [2.75, 3.05) is 16.8 Å². The first-order valence-corrected chi connectivity index (χ1v) is 7.59. The van der Waals surface area contributed by atoms with E-state index < -0.39 is 0 Å². The molecule has 1 fully saturated rings. The van der Waals surface area contributed by atoms with E-state index in [1.165, 1.54) is 29.0 Å². The van der Waals surface area contributed by atoms with Crippen LogP contribution >= 0.6 is 23.1 Å². The molecular formula is C12H14N2S2. The third-order valence-corrected chi connectivity index (χ3v) is 4.86. The molecule has 2 heterocycles. The minimum Gasteiger partial charge on any atom is -0.359 e. The van der Waals surface area contributed by atoms with Crippen LogP contribution in [0.2, 0.25) is 0 Å². The Bertz CT molecular complexity index is 442. The molecule has 84 valence electrons. The minimum absolute atomic E-state index is 0.627. The Morgan fingerprint density at radius 2 is 2.00 bits per heavy atom. The van der Waals surface area contributed by atoms with Gasteiger partial charge >= 0.3 is 0 Å². The second kappa shape index (κ2) is 4.63. The number of thioether (sulfide) groups is 1. The van der Waals surface area contributed by atoms with E-state index in [4.69, 9.17) is 0 Å². The lowest BCUT2D eigenvalue weighted by Crippen LogP contribution is -2.24. The van der Waals surface area contributed by atoms with Crippen molar-refractivity contribution in [3.8, 4) is 0 Å². The molecule has 2 aromatic rings. The smallest absolute Gasteiger partial charge is 0.184 e. The summed E-state index contributed by atoms with van der Waals surface area (Å²) in [6.07, 6.45) is 2.53. The molecule has 3 rings (SSSR count). The highest BCUT2D eigenvalue weighted by Crippen LogP contribution is 2.28. The SMILES string of the molecule is c1ccc2sc(NC3CCSCC3)nc2c1. The van der Waals surface area contributed by atoms with Crippen LogP contribution in [-0.4, -0.2) is 22.5 Å². The summed E-state index contributed by atoms with van der Waals surface area (Å²) in [5.74, 6) is 2.56. The number of thiazole rings is 1. The summed E-state index contributed by atoms with van der Waals surface area (Å²) in [5.41, 5.74) is 1.11. The molecule has 1 aliphatic rings. The molecule has 0 saturated carbocycles. The fourth-order valence-corrected chi connectivity index (χ4v) is 4.00. The number of benzene rings is 1. The molecule has 1 aromatic heterocycles. The van der Waals surface area contributed by atoms with Gasteiger partial charge in [-0.15, -0.1) is 0 Å². The molecule has 1 saturated heterocycles. The number of hydrogen-bond donors (Lipinski definition) is 1. The van der Waals surface area contributed by atoms with Crippen molar-refractivity contribution in [3.05, 3.63) is 24.3 Å². The van der Waals surface area contributed by atoms with Crippen LogP contribution in [0.5, 0.6) is 0 Å². The molecule has 0 aliphatic carbocycles. The minimum atomic E-state index is 0.627. The fraction of sp³-hybridized carbons (Fsp3) is 0.417. The maximum Gasteiger partial charge on any atom is 0.184 e. The van der Waals surface area contributed by atoms with Gasteiger partial charge in [0.05, 0.1) is 10.2 Å². The summed E-state index contributed by atoms with van der Waals surface area (Å²) < 4.78 is 1.27. The molecule has 1 N–H and O–H groups in total. The number of aromatic nitrogens is 1. The van der Waals surface area contributed by atoms with Crippen molar-refractivity contribution < 1.29 is 0 Å². The summed E-state index contributed by atoms with van der Waals surface area (Å²) in [4.78, 5) is 4.61. The van der Waals surface area contributed by atoms with E-state index >= 15 is 0 Å². The molecule has 4 heteroatoms. The number of fused-ring (bicyclic) bond motifs is 1. The standard InChI is InChI=1S/C12H14N2S2/c1-2-4-11-10(3-1)14-12(16-11)13-9-5-7-15-8-6-9/h1-4,9H,5-8H2,(H,13,14). The van der Waals surface area contributed by atoms with E-state index in [-0.39, 0.29) is 0 Å². The average Bonchev–Trinajstić information content (AvgIpc) is 2.72. The van der Waals surface area contributed by atoms with Gasteiger partial charge in [0.15, 0.2) is 5.13 Å². The predicted octanol–water partition coefficient (Wildman–Crippen LogP) is 3.60. The number of hydrogen-bond acceptors (Lipinski definition) is 4. The molecular weight excluding hydrogens is 236 g/mol. The monoisotopic (exact) mass is 250 g/mol. The maximum absolute atomic E-state index is 4.61. The number of rotatable bonds is 2. The largest absolute Gasteiger partial charge is 0.359 e. The van der Waals surface area contributed by atoms with Gasteiger partial charge < -0.3 is 5.32 Å². The third-order valence-electron chi connectivity index (χ3n) is 2.84. The molecule has 0 unspecified atom stereocenters. The van der Waals surface area contributed by atoms with Gasteiger partial charge in [-0.05, 0) is 36.5 Å². The van der Waals surface area contributed by atoms with Crippen molar-refractivity contribution in [2.45, 2.75) is 18.9 Å². The molecule has 0 amide bonds. The van der Waals surface area contributed by atoms with Crippen molar-refractivity contribution in [1.82, 2.24) is 4.98 Å². The molecule has 1 aromatic carbocycles. The molecule has 2 nitrogen and oxygen atoms in total. The van der Waals surface area contributed by atoms with Crippen molar-refractivity contribution in [1.29, 1.82) is 0 Å². The highest BCUT2D eigenvalue weighted by atomic mass is 32.2. The zero-order valence-electron chi connectivity index (χ0n) is 8.98. The van der Waals surface area contributed by atoms with Crippen LogP contribution < -0.4 is 5.32 Å². The topological polar surface area (TPSA) is 24.9 Å². The van der Waals surface area contributed by atoms with Gasteiger partial charge in [-0.3, -0.25) is 0 Å². The van der Waals surface area contributed by atoms with Crippen molar-refractivity contribution in [3.63, 3.8) is 0 Å². The van der Waals surface area contributed by atoms with Gasteiger partial charge in [0, 0.05) is 6.04 Å². The van der Waals surface area contributed by atoms with Crippen LogP contribution in [0.25, 0.3) is 10.2 Å². The normalized spacial score (nSPS) is 17.8. The van der Waals surface area contributed by atoms with Crippen LogP contribution in [0.3, 0.4) is 0 Å². The Balaban J connectivity index is 1.78. The second-order valence-corrected chi connectivity index (χ2v) is 6.27. The summed E-state index contributed by atoms with van der Waals surface area (Å²) in [7, 11) is 0. The predicted molar refractivity (Wildman–Crippen MR) is 73.6 cm³/mol. The van der Waals surface area contributed by atoms with Gasteiger partial charge in [0.25, 0.3) is 0 Å². The summed E-state index contributed by atoms with van der Waals surface area (Å²) >= 11 is 3.82. The van der Waals surface area contributed by atoms with Crippen LogP contribution in [-0.2, 0) is 0 Å². The average molecular weight is 250 g/mol. The Kier molecular flexibility index (Phi) is 3.02. The van der Waals surface area contributed by atoms with Gasteiger partial charge in [0.2, 0.25) is 0 Å². The summed E-state index contributed by atoms with van der Waals surface area (Å²) in [5, 5.41) is 4.65. The van der Waals surface area contributed by atoms with Crippen LogP contribution in [0.15, 0.2) is 24.3 Å². The zero-order valence-corrected chi connectivity index (χ0v) is 10.6. The quantitative estimate of drug-likeness (QED) is 0.881. The van der Waals surface area contributed by atoms with Gasteiger partial charge in [-0.1, -0.05) is 23.5 Å². The molecule has 1 aliphatic heterocycles. The van der Waals surface area contributed by atoms with E-state index in [1.807, 2.05) is 6.07 Å². The van der Waals surface area contributed by atoms with Crippen LogP contribution in [0.4, 0.5) is 5.13 Å². The Morgan fingerprint density at radius 1 is 1.19 bits per heavy atom. The summed E-state index contributed by atoms with van der Waals surface area (Å²) in [6.45, 7) is 0. The zero-order chi connectivity index (χ0) is 10.8. The van der Waals surface area contributed by atoms with E-state index in [0.29, 0.717) is 6.04 Å². The van der Waals surface area contributed by atoms with E-state index in [1.54, 1.807) is 11.3 Å². The van der Waals surface area contributed by atoms with Gasteiger partial charge in [-0.2, -0.15) is 11.8 Å². The summed E-state index contributed by atoms with van der Waals surface area (Å²) in [6, 6.07) is 8.95. The van der Waals surface area contributed by atoms with Crippen molar-refractivity contribution in [2.24, 2.45) is 0 Å². The Hall–Kier alpha value is -0.740. The fourth-order valence-electron chi connectivity index (χ4n) is 1.95. The van der Waals surface area contributed by atoms with E-state index in [9.17, 15) is 0 Å². The first-order valence-electron chi connectivity index (χ1n) is 5.62. The molecule has 0 atom stereocenters. The third kappa shape index (κ3) is 2.18. The highest BCUT2D eigenvalue weighted by molar-refractivity contribution is 7.99. The molecule has 0 spiro atoms. The first-order chi connectivity index (χ1) is 7.92. The van der Waals surface area contributed by atoms with Gasteiger partial charge in [-0.25, -0.2) is 4.98 Å². The lowest BCUT2D eigenvalue weighted by molar-refractivity contribution is 0.666. The maximum atomic E-state index is 4.61. The van der Waals surface area contributed by atoms with Gasteiger partial charge in [0.1, 0.15) is 0 Å². The Morgan fingerprint density at radius 3 is 2.81 bits per heavy atom. The molecule has 0 radical (unpaired) electrons. The van der Waals surface area contributed by atoms with Crippen LogP contribution in [0.1, 0.15) is 12.8 Å². The first kappa shape index (κ1) is 10.4.